The van der Waals surface area contributed by atoms with Crippen LogP contribution in [0, 0.1) is 6.92 Å². The van der Waals surface area contributed by atoms with E-state index in [9.17, 15) is 9.18 Å². The standard InChI is InChI=1S/C18H20FN5O/c1-11-15(9-12-8-14(19)16(17(20)25)22-10-12)23-24(18(11)21-2)13-6-4-3-5-7-13/h3-8,21-22H,9-10H2,1-2H3,(H2,20,25). The van der Waals surface area contributed by atoms with Crippen LogP contribution in [0.5, 0.6) is 0 Å². The van der Waals surface area contributed by atoms with Crippen molar-refractivity contribution in [3.8, 4) is 5.69 Å². The van der Waals surface area contributed by atoms with Gasteiger partial charge in [-0.05, 0) is 30.7 Å². The molecule has 3 rings (SSSR count). The number of hydrogen-bond acceptors (Lipinski definition) is 4. The number of anilines is 1. The maximum atomic E-state index is 14.0. The molecule has 0 aliphatic carbocycles. The van der Waals surface area contributed by atoms with Gasteiger partial charge in [0.1, 0.15) is 11.5 Å². The Bertz CT molecular complexity index is 867. The first-order chi connectivity index (χ1) is 12.0. The summed E-state index contributed by atoms with van der Waals surface area (Å²) in [5, 5.41) is 10.6. The summed E-state index contributed by atoms with van der Waals surface area (Å²) in [4.78, 5) is 11.1. The number of halogens is 1. The molecule has 1 amide bonds. The van der Waals surface area contributed by atoms with Crippen LogP contribution in [0.1, 0.15) is 11.3 Å². The van der Waals surface area contributed by atoms with Crippen molar-refractivity contribution < 1.29 is 9.18 Å². The van der Waals surface area contributed by atoms with Gasteiger partial charge in [0.25, 0.3) is 5.91 Å². The molecule has 0 unspecified atom stereocenters. The highest BCUT2D eigenvalue weighted by Crippen LogP contribution is 2.25. The molecule has 1 aromatic carbocycles. The van der Waals surface area contributed by atoms with Crippen LogP contribution in [0.4, 0.5) is 10.2 Å². The van der Waals surface area contributed by atoms with Gasteiger partial charge in [0, 0.05) is 25.6 Å². The lowest BCUT2D eigenvalue weighted by Gasteiger charge is -2.16. The Labute approximate surface area is 145 Å². The summed E-state index contributed by atoms with van der Waals surface area (Å²) in [5.74, 6) is -0.544. The summed E-state index contributed by atoms with van der Waals surface area (Å²) in [6.45, 7) is 2.34. The van der Waals surface area contributed by atoms with Crippen LogP contribution in [0.15, 0.2) is 53.5 Å². The average Bonchev–Trinajstić information content (AvgIpc) is 2.91. The Hall–Kier alpha value is -3.09. The van der Waals surface area contributed by atoms with Crippen LogP contribution in [-0.4, -0.2) is 29.3 Å². The topological polar surface area (TPSA) is 85.0 Å². The number of amides is 1. The summed E-state index contributed by atoms with van der Waals surface area (Å²) in [6, 6.07) is 9.79. The van der Waals surface area contributed by atoms with Crippen molar-refractivity contribution in [2.24, 2.45) is 5.73 Å². The summed E-state index contributed by atoms with van der Waals surface area (Å²) in [7, 11) is 1.84. The molecule has 0 spiro atoms. The second-order valence-electron chi connectivity index (χ2n) is 5.84. The lowest BCUT2D eigenvalue weighted by atomic mass is 10.0. The largest absolute Gasteiger partial charge is 0.374 e. The van der Waals surface area contributed by atoms with Gasteiger partial charge in [-0.3, -0.25) is 4.79 Å². The third-order valence-corrected chi connectivity index (χ3v) is 4.16. The van der Waals surface area contributed by atoms with Gasteiger partial charge in [0.15, 0.2) is 5.83 Å². The number of carbonyl (C=O) groups is 1. The molecular weight excluding hydrogens is 321 g/mol. The molecule has 6 nitrogen and oxygen atoms in total. The van der Waals surface area contributed by atoms with E-state index in [1.54, 1.807) is 0 Å². The number of para-hydroxylation sites is 1. The van der Waals surface area contributed by atoms with E-state index in [1.165, 1.54) is 6.08 Å². The fourth-order valence-corrected chi connectivity index (χ4v) is 2.88. The summed E-state index contributed by atoms with van der Waals surface area (Å²) in [6.07, 6.45) is 1.84. The normalized spacial score (nSPS) is 14.1. The number of nitrogens with two attached hydrogens (primary N) is 1. The SMILES string of the molecule is CNc1c(C)c(CC2=CC(F)=C(C(N)=O)NC2)nn1-c1ccccc1. The molecule has 0 atom stereocenters. The number of aromatic nitrogens is 2. The van der Waals surface area contributed by atoms with Gasteiger partial charge in [-0.15, -0.1) is 0 Å². The van der Waals surface area contributed by atoms with E-state index >= 15 is 0 Å². The number of rotatable bonds is 5. The molecule has 0 saturated heterocycles. The van der Waals surface area contributed by atoms with Crippen LogP contribution in [0.25, 0.3) is 5.69 Å². The Morgan fingerprint density at radius 1 is 1.40 bits per heavy atom. The highest BCUT2D eigenvalue weighted by atomic mass is 19.1. The number of benzene rings is 1. The van der Waals surface area contributed by atoms with Crippen LogP contribution < -0.4 is 16.4 Å². The Morgan fingerprint density at radius 3 is 2.72 bits per heavy atom. The molecule has 2 aromatic rings. The predicted molar refractivity (Wildman–Crippen MR) is 95.0 cm³/mol. The molecule has 0 bridgehead atoms. The van der Waals surface area contributed by atoms with Gasteiger partial charge in [-0.1, -0.05) is 18.2 Å². The molecule has 1 aliphatic rings. The first kappa shape index (κ1) is 16.8. The van der Waals surface area contributed by atoms with Gasteiger partial charge in [0.2, 0.25) is 0 Å². The predicted octanol–water partition coefficient (Wildman–Crippen LogP) is 1.96. The molecule has 0 fully saturated rings. The number of carbonyl (C=O) groups excluding carboxylic acids is 1. The number of allylic oxidation sites excluding steroid dienone is 2. The zero-order chi connectivity index (χ0) is 18.0. The fourth-order valence-electron chi connectivity index (χ4n) is 2.88. The molecule has 0 radical (unpaired) electrons. The maximum absolute atomic E-state index is 14.0. The van der Waals surface area contributed by atoms with E-state index in [2.05, 4.69) is 15.7 Å². The molecule has 0 saturated carbocycles. The number of nitrogens with zero attached hydrogens (tertiary/aromatic N) is 2. The summed E-state index contributed by atoms with van der Waals surface area (Å²) >= 11 is 0. The maximum Gasteiger partial charge on any atom is 0.267 e. The van der Waals surface area contributed by atoms with Crippen molar-refractivity contribution in [3.63, 3.8) is 0 Å². The third kappa shape index (κ3) is 3.26. The van der Waals surface area contributed by atoms with Crippen LogP contribution in [0.2, 0.25) is 0 Å². The number of primary amides is 1. The fraction of sp³-hybridized carbons (Fsp3) is 0.222. The van der Waals surface area contributed by atoms with E-state index in [1.807, 2.05) is 49.0 Å². The zero-order valence-corrected chi connectivity index (χ0v) is 14.1. The van der Waals surface area contributed by atoms with Gasteiger partial charge in [-0.25, -0.2) is 9.07 Å². The first-order valence-corrected chi connectivity index (χ1v) is 7.95. The van der Waals surface area contributed by atoms with Crippen molar-refractivity contribution in [1.29, 1.82) is 0 Å². The van der Waals surface area contributed by atoms with Crippen molar-refractivity contribution in [3.05, 3.63) is 64.8 Å². The second-order valence-corrected chi connectivity index (χ2v) is 5.84. The van der Waals surface area contributed by atoms with E-state index in [0.29, 0.717) is 13.0 Å². The highest BCUT2D eigenvalue weighted by molar-refractivity contribution is 5.92. The molecule has 1 aromatic heterocycles. The molecular formula is C18H20FN5O. The zero-order valence-electron chi connectivity index (χ0n) is 14.1. The highest BCUT2D eigenvalue weighted by Gasteiger charge is 2.20. The molecule has 1 aliphatic heterocycles. The molecule has 2 heterocycles. The van der Waals surface area contributed by atoms with Crippen molar-refractivity contribution in [2.75, 3.05) is 18.9 Å². The van der Waals surface area contributed by atoms with Crippen molar-refractivity contribution in [2.45, 2.75) is 13.3 Å². The summed E-state index contributed by atoms with van der Waals surface area (Å²) in [5.41, 5.74) is 8.54. The van der Waals surface area contributed by atoms with Gasteiger partial charge < -0.3 is 16.4 Å². The lowest BCUT2D eigenvalue weighted by molar-refractivity contribution is -0.115. The lowest BCUT2D eigenvalue weighted by Crippen LogP contribution is -2.31. The number of dihydropyridines is 1. The van der Waals surface area contributed by atoms with Crippen LogP contribution in [-0.2, 0) is 11.2 Å². The Kier molecular flexibility index (Phi) is 4.56. The van der Waals surface area contributed by atoms with Crippen LogP contribution >= 0.6 is 0 Å². The average molecular weight is 341 g/mol. The molecule has 130 valence electrons. The monoisotopic (exact) mass is 341 g/mol. The minimum absolute atomic E-state index is 0.175. The Morgan fingerprint density at radius 2 is 2.12 bits per heavy atom. The van der Waals surface area contributed by atoms with Gasteiger partial charge >= 0.3 is 0 Å². The van der Waals surface area contributed by atoms with E-state index in [-0.39, 0.29) is 5.70 Å². The quantitative estimate of drug-likeness (QED) is 0.776. The first-order valence-electron chi connectivity index (χ1n) is 7.95. The number of hydrogen-bond donors (Lipinski definition) is 3. The third-order valence-electron chi connectivity index (χ3n) is 4.16. The van der Waals surface area contributed by atoms with Crippen LogP contribution in [0.3, 0.4) is 0 Å². The second kappa shape index (κ2) is 6.80. The smallest absolute Gasteiger partial charge is 0.267 e. The molecule has 25 heavy (non-hydrogen) atoms. The number of nitrogens with one attached hydrogen (secondary N) is 2. The van der Waals surface area contributed by atoms with Crippen molar-refractivity contribution in [1.82, 2.24) is 15.1 Å². The van der Waals surface area contributed by atoms with Gasteiger partial charge in [0.05, 0.1) is 11.4 Å². The van der Waals surface area contributed by atoms with E-state index < -0.39 is 11.7 Å². The Balaban J connectivity index is 1.93. The van der Waals surface area contributed by atoms with Gasteiger partial charge in [-0.2, -0.15) is 5.10 Å². The van der Waals surface area contributed by atoms with Crippen molar-refractivity contribution >= 4 is 11.7 Å². The van der Waals surface area contributed by atoms with E-state index in [0.717, 1.165) is 28.3 Å². The molecule has 7 heteroatoms. The minimum atomic E-state index is -0.796. The summed E-state index contributed by atoms with van der Waals surface area (Å²) < 4.78 is 15.8. The van der Waals surface area contributed by atoms with E-state index in [4.69, 9.17) is 5.73 Å². The minimum Gasteiger partial charge on any atom is -0.374 e. The molecule has 4 N–H and O–H groups in total.